The van der Waals surface area contributed by atoms with E-state index in [1.165, 1.54) is 12.3 Å². The average Bonchev–Trinajstić information content (AvgIpc) is 2.28. The number of nitrogens with two attached hydrogens (primary N) is 2. The van der Waals surface area contributed by atoms with Crippen LogP contribution in [0.15, 0.2) is 12.3 Å². The number of carbonyl (C=O) groups excluding carboxylic acids is 1. The molecule has 1 heterocycles. The number of nitrogens with zero attached hydrogens (tertiary/aromatic N) is 1. The fourth-order valence-corrected chi connectivity index (χ4v) is 1.88. The highest BCUT2D eigenvalue weighted by atomic mass is 32.2. The molecule has 0 radical (unpaired) electrons. The molecular weight excluding hydrogens is 270 g/mol. The van der Waals surface area contributed by atoms with Crippen LogP contribution in [0.25, 0.3) is 0 Å². The largest absolute Gasteiger partial charge is 0.397 e. The van der Waals surface area contributed by atoms with Crippen molar-refractivity contribution in [2.45, 2.75) is 6.42 Å². The zero-order chi connectivity index (χ0) is 14.5. The molecule has 106 valence electrons. The monoisotopic (exact) mass is 287 g/mol. The molecule has 0 saturated carbocycles. The number of amides is 1. The maximum atomic E-state index is 11.2. The number of rotatable bonds is 7. The standard InChI is InChI=1S/C10H17N5O3S/c1-19(17,18)15-4-2-3-13-10-8(9(12)16)5-7(11)6-14-10/h5-6,15H,2-4,11H2,1H3,(H2,12,16)(H,13,14). The molecule has 0 unspecified atom stereocenters. The lowest BCUT2D eigenvalue weighted by molar-refractivity contribution is 0.100. The van der Waals surface area contributed by atoms with Crippen molar-refractivity contribution in [1.82, 2.24) is 9.71 Å². The van der Waals surface area contributed by atoms with Crippen LogP contribution < -0.4 is 21.5 Å². The van der Waals surface area contributed by atoms with Gasteiger partial charge >= 0.3 is 0 Å². The van der Waals surface area contributed by atoms with Gasteiger partial charge in [0.15, 0.2) is 0 Å². The predicted octanol–water partition coefficient (Wildman–Crippen LogP) is -0.886. The Hall–Kier alpha value is -1.87. The van der Waals surface area contributed by atoms with E-state index < -0.39 is 15.9 Å². The van der Waals surface area contributed by atoms with Crippen LogP contribution >= 0.6 is 0 Å². The number of sulfonamides is 1. The van der Waals surface area contributed by atoms with Crippen LogP contribution in [0, 0.1) is 0 Å². The number of primary amides is 1. The Balaban J connectivity index is 2.52. The lowest BCUT2D eigenvalue weighted by Crippen LogP contribution is -2.25. The van der Waals surface area contributed by atoms with Gasteiger partial charge in [-0.2, -0.15) is 0 Å². The van der Waals surface area contributed by atoms with Crippen LogP contribution in [0.1, 0.15) is 16.8 Å². The molecule has 0 aliphatic carbocycles. The third-order valence-electron chi connectivity index (χ3n) is 2.18. The molecule has 1 rings (SSSR count). The van der Waals surface area contributed by atoms with Crippen molar-refractivity contribution in [1.29, 1.82) is 0 Å². The van der Waals surface area contributed by atoms with Crippen molar-refractivity contribution in [2.75, 3.05) is 30.4 Å². The van der Waals surface area contributed by atoms with Gasteiger partial charge in [0.1, 0.15) is 5.82 Å². The molecule has 0 saturated heterocycles. The van der Waals surface area contributed by atoms with E-state index in [1.54, 1.807) is 0 Å². The van der Waals surface area contributed by atoms with Gasteiger partial charge in [-0.3, -0.25) is 4.79 Å². The summed E-state index contributed by atoms with van der Waals surface area (Å²) in [6.07, 6.45) is 3.04. The maximum absolute atomic E-state index is 11.2. The molecule has 0 spiro atoms. The number of anilines is 2. The average molecular weight is 287 g/mol. The molecule has 9 heteroatoms. The second-order valence-electron chi connectivity index (χ2n) is 3.98. The molecular formula is C10H17N5O3S. The summed E-state index contributed by atoms with van der Waals surface area (Å²) in [5, 5.41) is 2.91. The van der Waals surface area contributed by atoms with E-state index in [0.717, 1.165) is 6.26 Å². The molecule has 0 aromatic carbocycles. The first-order valence-corrected chi connectivity index (χ1v) is 7.42. The summed E-state index contributed by atoms with van der Waals surface area (Å²) in [5.74, 6) is -0.294. The van der Waals surface area contributed by atoms with Crippen molar-refractivity contribution in [3.8, 4) is 0 Å². The third kappa shape index (κ3) is 5.53. The summed E-state index contributed by atoms with van der Waals surface area (Å²) < 4.78 is 24.0. The van der Waals surface area contributed by atoms with Gasteiger partial charge in [0.2, 0.25) is 10.0 Å². The van der Waals surface area contributed by atoms with E-state index in [0.29, 0.717) is 31.0 Å². The second kappa shape index (κ2) is 6.34. The van der Waals surface area contributed by atoms with Crippen molar-refractivity contribution in [2.24, 2.45) is 5.73 Å². The smallest absolute Gasteiger partial charge is 0.252 e. The van der Waals surface area contributed by atoms with Crippen LogP contribution in [0.5, 0.6) is 0 Å². The summed E-state index contributed by atoms with van der Waals surface area (Å²) in [5.41, 5.74) is 11.3. The van der Waals surface area contributed by atoms with E-state index in [2.05, 4.69) is 15.0 Å². The Bertz CT molecular complexity index is 558. The molecule has 0 bridgehead atoms. The minimum absolute atomic E-state index is 0.205. The summed E-state index contributed by atoms with van der Waals surface area (Å²) in [6.45, 7) is 0.742. The molecule has 19 heavy (non-hydrogen) atoms. The number of hydrogen-bond donors (Lipinski definition) is 4. The molecule has 1 aromatic heterocycles. The SMILES string of the molecule is CS(=O)(=O)NCCCNc1ncc(N)cc1C(N)=O. The maximum Gasteiger partial charge on any atom is 0.252 e. The Morgan fingerprint density at radius 2 is 2.11 bits per heavy atom. The predicted molar refractivity (Wildman–Crippen MR) is 73.1 cm³/mol. The molecule has 0 aliphatic heterocycles. The van der Waals surface area contributed by atoms with Gasteiger partial charge < -0.3 is 16.8 Å². The minimum atomic E-state index is -3.18. The quantitative estimate of drug-likeness (QED) is 0.480. The van der Waals surface area contributed by atoms with Crippen LogP contribution in [-0.4, -0.2) is 38.7 Å². The zero-order valence-electron chi connectivity index (χ0n) is 10.5. The summed E-state index contributed by atoms with van der Waals surface area (Å²) >= 11 is 0. The molecule has 1 aromatic rings. The van der Waals surface area contributed by atoms with Crippen molar-refractivity contribution < 1.29 is 13.2 Å². The fraction of sp³-hybridized carbons (Fsp3) is 0.400. The van der Waals surface area contributed by atoms with Crippen LogP contribution in [0.3, 0.4) is 0 Å². The highest BCUT2D eigenvalue weighted by Gasteiger charge is 2.09. The van der Waals surface area contributed by atoms with Crippen LogP contribution in [0.4, 0.5) is 11.5 Å². The first-order chi connectivity index (χ1) is 8.79. The lowest BCUT2D eigenvalue weighted by Gasteiger charge is -2.09. The second-order valence-corrected chi connectivity index (χ2v) is 5.81. The lowest BCUT2D eigenvalue weighted by atomic mass is 10.2. The summed E-state index contributed by atoms with van der Waals surface area (Å²) in [4.78, 5) is 15.2. The molecule has 0 aliphatic rings. The van der Waals surface area contributed by atoms with Gasteiger partial charge in [-0.05, 0) is 12.5 Å². The topological polar surface area (TPSA) is 140 Å². The first kappa shape index (κ1) is 15.2. The summed E-state index contributed by atoms with van der Waals surface area (Å²) in [7, 11) is -3.18. The highest BCUT2D eigenvalue weighted by Crippen LogP contribution is 2.14. The number of hydrogen-bond acceptors (Lipinski definition) is 6. The Kier molecular flexibility index (Phi) is 5.07. The Labute approximate surface area is 111 Å². The van der Waals surface area contributed by atoms with E-state index in [-0.39, 0.29) is 5.56 Å². The molecule has 0 fully saturated rings. The van der Waals surface area contributed by atoms with Crippen LogP contribution in [-0.2, 0) is 10.0 Å². The Morgan fingerprint density at radius 1 is 1.42 bits per heavy atom. The van der Waals surface area contributed by atoms with Crippen LogP contribution in [0.2, 0.25) is 0 Å². The van der Waals surface area contributed by atoms with Gasteiger partial charge in [0.05, 0.1) is 23.7 Å². The Morgan fingerprint density at radius 3 is 2.68 bits per heavy atom. The van der Waals surface area contributed by atoms with Gasteiger partial charge in [-0.1, -0.05) is 0 Å². The van der Waals surface area contributed by atoms with Gasteiger partial charge in [0.25, 0.3) is 5.91 Å². The van der Waals surface area contributed by atoms with Crippen molar-refractivity contribution in [3.05, 3.63) is 17.8 Å². The third-order valence-corrected chi connectivity index (χ3v) is 2.91. The molecule has 8 nitrogen and oxygen atoms in total. The number of carbonyl (C=O) groups is 1. The minimum Gasteiger partial charge on any atom is -0.397 e. The van der Waals surface area contributed by atoms with Gasteiger partial charge in [-0.25, -0.2) is 18.1 Å². The molecule has 1 amide bonds. The summed E-state index contributed by atoms with van der Waals surface area (Å²) in [6, 6.07) is 1.44. The number of aromatic nitrogens is 1. The normalized spacial score (nSPS) is 11.2. The van der Waals surface area contributed by atoms with E-state index in [9.17, 15) is 13.2 Å². The van der Waals surface area contributed by atoms with Crippen molar-refractivity contribution in [3.63, 3.8) is 0 Å². The van der Waals surface area contributed by atoms with E-state index in [4.69, 9.17) is 11.5 Å². The van der Waals surface area contributed by atoms with Crippen molar-refractivity contribution >= 4 is 27.4 Å². The first-order valence-electron chi connectivity index (χ1n) is 5.53. The van der Waals surface area contributed by atoms with Gasteiger partial charge in [-0.15, -0.1) is 0 Å². The number of nitrogen functional groups attached to an aromatic ring is 1. The fourth-order valence-electron chi connectivity index (χ4n) is 1.36. The number of pyridine rings is 1. The molecule has 0 atom stereocenters. The van der Waals surface area contributed by atoms with E-state index >= 15 is 0 Å². The van der Waals surface area contributed by atoms with Gasteiger partial charge in [0, 0.05) is 13.1 Å². The molecule has 6 N–H and O–H groups in total. The number of nitrogens with one attached hydrogen (secondary N) is 2. The zero-order valence-corrected chi connectivity index (χ0v) is 11.3. The highest BCUT2D eigenvalue weighted by molar-refractivity contribution is 7.88. The van der Waals surface area contributed by atoms with E-state index in [1.807, 2.05) is 0 Å².